The van der Waals surface area contributed by atoms with Crippen molar-refractivity contribution in [3.8, 4) is 0 Å². The lowest BCUT2D eigenvalue weighted by Crippen LogP contribution is -2.57. The Kier molecular flexibility index (Phi) is 2.99. The molecule has 7 nitrogen and oxygen atoms in total. The van der Waals surface area contributed by atoms with Gasteiger partial charge in [-0.3, -0.25) is 9.59 Å². The average Bonchev–Trinajstić information content (AvgIpc) is 3.26. The zero-order valence-corrected chi connectivity index (χ0v) is 15.8. The van der Waals surface area contributed by atoms with E-state index in [1.165, 1.54) is 0 Å². The fraction of sp³-hybridized carbons (Fsp3) is 0.474. The van der Waals surface area contributed by atoms with E-state index in [1.54, 1.807) is 32.0 Å². The van der Waals surface area contributed by atoms with Gasteiger partial charge in [-0.05, 0) is 51.8 Å². The van der Waals surface area contributed by atoms with Crippen molar-refractivity contribution in [3.63, 3.8) is 0 Å². The van der Waals surface area contributed by atoms with Gasteiger partial charge in [0.25, 0.3) is 5.91 Å². The number of amides is 2. The second-order valence-electron chi connectivity index (χ2n) is 8.09. The number of imide groups is 1. The molecule has 4 atom stereocenters. The predicted octanol–water partition coefficient (Wildman–Crippen LogP) is 3.99. The summed E-state index contributed by atoms with van der Waals surface area (Å²) in [5.74, 6) is -1.26. The normalized spacial score (nSPS) is 37.5. The minimum Gasteiger partial charge on any atom is -0.711 e. The molecule has 2 amide bonds. The first kappa shape index (κ1) is 16.9. The van der Waals surface area contributed by atoms with Crippen LogP contribution in [0, 0.1) is 12.8 Å². The summed E-state index contributed by atoms with van der Waals surface area (Å²) in [6.07, 6.45) is 1.16. The number of hydrogen-bond donors (Lipinski definition) is 0. The molecule has 5 rings (SSSR count). The van der Waals surface area contributed by atoms with Gasteiger partial charge in [0.15, 0.2) is 11.1 Å². The predicted molar refractivity (Wildman–Crippen MR) is 97.6 cm³/mol. The second kappa shape index (κ2) is 4.77. The number of nitrogens with zero attached hydrogens (tertiary/aromatic N) is 3. The maximum atomic E-state index is 13.5. The van der Waals surface area contributed by atoms with Crippen LogP contribution in [0.25, 0.3) is 16.5 Å². The Morgan fingerprint density at radius 3 is 2.70 bits per heavy atom. The van der Waals surface area contributed by atoms with Crippen molar-refractivity contribution >= 4 is 40.1 Å². The molecule has 3 aliphatic heterocycles. The number of furan rings is 1. The van der Waals surface area contributed by atoms with Gasteiger partial charge in [0, 0.05) is 5.39 Å². The smallest absolute Gasteiger partial charge is 0.263 e. The number of aryl methyl sites for hydroxylation is 1. The zero-order valence-electron chi connectivity index (χ0n) is 15.1. The highest BCUT2D eigenvalue weighted by atomic mass is 35.5. The van der Waals surface area contributed by atoms with E-state index in [0.29, 0.717) is 40.3 Å². The highest BCUT2D eigenvalue weighted by Gasteiger charge is 2.80. The van der Waals surface area contributed by atoms with Crippen molar-refractivity contribution < 1.29 is 18.7 Å². The van der Waals surface area contributed by atoms with Crippen molar-refractivity contribution in [2.24, 2.45) is 11.0 Å². The molecule has 0 saturated carbocycles. The molecule has 27 heavy (non-hydrogen) atoms. The van der Waals surface area contributed by atoms with E-state index in [9.17, 15) is 15.1 Å². The van der Waals surface area contributed by atoms with Crippen molar-refractivity contribution in [2.45, 2.75) is 50.4 Å². The first-order valence-corrected chi connectivity index (χ1v) is 9.20. The van der Waals surface area contributed by atoms with Gasteiger partial charge in [0.2, 0.25) is 5.91 Å². The first-order valence-electron chi connectivity index (χ1n) is 8.82. The average molecular weight is 387 g/mol. The second-order valence-corrected chi connectivity index (χ2v) is 8.50. The van der Waals surface area contributed by atoms with Crippen LogP contribution in [0.1, 0.15) is 32.4 Å². The standard InChI is InChI=1S/C19H17ClN3O4/c1-9-8-10-12(5-4-11(20)13(10)26-9)23-15(24)14-17(2)6-7-18(3,27-17)19(14,22-21)16(23)25/h4-5,8,14H,6-7H2,1-3H3/q-1/t14?,17?,18?,19-/m1/s1. The first-order chi connectivity index (χ1) is 12.7. The van der Waals surface area contributed by atoms with Gasteiger partial charge in [0.1, 0.15) is 11.7 Å². The molecule has 1 aromatic heterocycles. The van der Waals surface area contributed by atoms with Crippen LogP contribution in [0.3, 0.4) is 0 Å². The van der Waals surface area contributed by atoms with E-state index in [2.05, 4.69) is 5.11 Å². The molecular weight excluding hydrogens is 370 g/mol. The molecule has 3 saturated heterocycles. The third-order valence-corrected chi connectivity index (χ3v) is 6.82. The van der Waals surface area contributed by atoms with E-state index >= 15 is 0 Å². The third-order valence-electron chi connectivity index (χ3n) is 6.52. The van der Waals surface area contributed by atoms with Crippen LogP contribution in [0.2, 0.25) is 5.02 Å². The highest BCUT2D eigenvalue weighted by Crippen LogP contribution is 2.64. The number of anilines is 1. The van der Waals surface area contributed by atoms with Gasteiger partial charge < -0.3 is 19.8 Å². The third kappa shape index (κ3) is 1.68. The molecule has 3 unspecified atom stereocenters. The van der Waals surface area contributed by atoms with Crippen molar-refractivity contribution in [1.29, 1.82) is 0 Å². The molecular formula is C19H17ClN3O4-. The maximum Gasteiger partial charge on any atom is 0.263 e. The molecule has 0 radical (unpaired) electrons. The Morgan fingerprint density at radius 2 is 2.04 bits per heavy atom. The van der Waals surface area contributed by atoms with Gasteiger partial charge in [-0.1, -0.05) is 11.6 Å². The molecule has 4 heterocycles. The van der Waals surface area contributed by atoms with Gasteiger partial charge in [0.05, 0.1) is 21.9 Å². The van der Waals surface area contributed by atoms with Crippen molar-refractivity contribution in [1.82, 2.24) is 0 Å². The number of hydrogen-bond acceptors (Lipinski definition) is 5. The van der Waals surface area contributed by atoms with Gasteiger partial charge >= 0.3 is 0 Å². The van der Waals surface area contributed by atoms with E-state index in [1.807, 2.05) is 6.92 Å². The Hall–Kier alpha value is -2.25. The lowest BCUT2D eigenvalue weighted by Gasteiger charge is -2.39. The number of rotatable bonds is 2. The number of halogens is 1. The highest BCUT2D eigenvalue weighted by molar-refractivity contribution is 6.36. The molecule has 0 aliphatic carbocycles. The lowest BCUT2D eigenvalue weighted by molar-refractivity contribution is -0.130. The molecule has 0 N–H and O–H groups in total. The van der Waals surface area contributed by atoms with Crippen LogP contribution in [0.5, 0.6) is 0 Å². The summed E-state index contributed by atoms with van der Waals surface area (Å²) in [7, 11) is 0. The number of fused-ring (bicyclic) bond motifs is 6. The Bertz CT molecular complexity index is 1060. The number of carbonyl (C=O) groups is 2. The zero-order chi connectivity index (χ0) is 19.4. The van der Waals surface area contributed by atoms with Gasteiger partial charge in [-0.15, -0.1) is 0 Å². The van der Waals surface area contributed by atoms with E-state index in [0.717, 1.165) is 4.90 Å². The Labute approximate surface area is 160 Å². The van der Waals surface area contributed by atoms with Crippen LogP contribution < -0.4 is 4.90 Å². The van der Waals surface area contributed by atoms with Gasteiger partial charge in [-0.25, -0.2) is 4.90 Å². The van der Waals surface area contributed by atoms with Crippen LogP contribution in [0.4, 0.5) is 5.69 Å². The molecule has 0 spiro atoms. The molecule has 1 aromatic carbocycles. The van der Waals surface area contributed by atoms with Crippen LogP contribution in [0.15, 0.2) is 27.7 Å². The fourth-order valence-corrected chi connectivity index (χ4v) is 5.54. The van der Waals surface area contributed by atoms with Crippen LogP contribution in [-0.4, -0.2) is 28.6 Å². The summed E-state index contributed by atoms with van der Waals surface area (Å²) in [6.45, 7) is 5.32. The monoisotopic (exact) mass is 386 g/mol. The summed E-state index contributed by atoms with van der Waals surface area (Å²) >= 11 is 6.21. The van der Waals surface area contributed by atoms with Gasteiger partial charge in [-0.2, -0.15) is 0 Å². The Morgan fingerprint density at radius 1 is 1.30 bits per heavy atom. The lowest BCUT2D eigenvalue weighted by atomic mass is 9.64. The molecule has 3 aliphatic rings. The van der Waals surface area contributed by atoms with E-state index in [4.69, 9.17) is 20.8 Å². The molecule has 2 bridgehead atoms. The van der Waals surface area contributed by atoms with E-state index in [-0.39, 0.29) is 0 Å². The summed E-state index contributed by atoms with van der Waals surface area (Å²) in [5.41, 5.74) is 7.23. The minimum absolute atomic E-state index is 0.380. The molecule has 8 heteroatoms. The number of benzene rings is 1. The minimum atomic E-state index is -1.64. The van der Waals surface area contributed by atoms with Crippen LogP contribution in [-0.2, 0) is 14.3 Å². The summed E-state index contributed by atoms with van der Waals surface area (Å²) < 4.78 is 11.7. The summed E-state index contributed by atoms with van der Waals surface area (Å²) in [5, 5.41) is 4.47. The molecule has 2 aromatic rings. The van der Waals surface area contributed by atoms with E-state index < -0.39 is 34.5 Å². The fourth-order valence-electron chi connectivity index (χ4n) is 5.34. The number of carbonyl (C=O) groups excluding carboxylic acids is 2. The SMILES string of the molecule is Cc1cc2c(N3C(=O)C4C5(C)CCC(C)(O5)[C@]4(N=[N-])C3=O)ccc(Cl)c2o1. The summed E-state index contributed by atoms with van der Waals surface area (Å²) in [6, 6.07) is 4.95. The Balaban J connectivity index is 1.76. The largest absolute Gasteiger partial charge is 0.711 e. The summed E-state index contributed by atoms with van der Waals surface area (Å²) in [4.78, 5) is 28.1. The van der Waals surface area contributed by atoms with Crippen LogP contribution >= 0.6 is 11.6 Å². The maximum absolute atomic E-state index is 13.5. The molecule has 140 valence electrons. The number of ether oxygens (including phenoxy) is 1. The van der Waals surface area contributed by atoms with Crippen molar-refractivity contribution in [3.05, 3.63) is 34.5 Å². The molecule has 3 fully saturated rings. The van der Waals surface area contributed by atoms with Crippen molar-refractivity contribution in [2.75, 3.05) is 4.90 Å². The topological polar surface area (TPSA) is 94.4 Å². The quantitative estimate of drug-likeness (QED) is 0.576.